The quantitative estimate of drug-likeness (QED) is 0.725. The highest BCUT2D eigenvalue weighted by molar-refractivity contribution is 5.80. The van der Waals surface area contributed by atoms with Gasteiger partial charge in [-0.1, -0.05) is 0 Å². The maximum Gasteiger partial charge on any atom is 0.335 e. The van der Waals surface area contributed by atoms with E-state index in [-0.39, 0.29) is 24.0 Å². The molecule has 0 unspecified atom stereocenters. The molecule has 2 aromatic heterocycles. The van der Waals surface area contributed by atoms with E-state index in [0.717, 1.165) is 32.4 Å². The van der Waals surface area contributed by atoms with Gasteiger partial charge in [0.1, 0.15) is 12.4 Å². The minimum atomic E-state index is -0.376. The van der Waals surface area contributed by atoms with Crippen LogP contribution in [0.15, 0.2) is 47.4 Å². The van der Waals surface area contributed by atoms with Crippen LogP contribution in [0.4, 0.5) is 4.39 Å². The second-order valence-corrected chi connectivity index (χ2v) is 6.47. The molecule has 1 saturated heterocycles. The number of pyridine rings is 1. The first kappa shape index (κ1) is 16.5. The summed E-state index contributed by atoms with van der Waals surface area (Å²) in [6.07, 6.45) is 4.73. The van der Waals surface area contributed by atoms with Gasteiger partial charge in [0, 0.05) is 19.3 Å². The molecule has 0 atom stereocenters. The number of benzene rings is 1. The van der Waals surface area contributed by atoms with Crippen LogP contribution in [0, 0.1) is 5.82 Å². The third-order valence-electron chi connectivity index (χ3n) is 4.78. The SMILES string of the molecule is O=C(Cn1c(=O)n(-c2ccc(F)cc2)c2ncccc21)N1CCCCC1. The van der Waals surface area contributed by atoms with Gasteiger partial charge < -0.3 is 4.90 Å². The van der Waals surface area contributed by atoms with Gasteiger partial charge in [-0.3, -0.25) is 9.36 Å². The molecule has 0 N–H and O–H groups in total. The summed E-state index contributed by atoms with van der Waals surface area (Å²) in [5, 5.41) is 0. The molecule has 3 heterocycles. The van der Waals surface area contributed by atoms with E-state index in [4.69, 9.17) is 0 Å². The van der Waals surface area contributed by atoms with Crippen molar-refractivity contribution in [3.05, 3.63) is 58.9 Å². The molecule has 26 heavy (non-hydrogen) atoms. The van der Waals surface area contributed by atoms with Gasteiger partial charge in [-0.15, -0.1) is 0 Å². The zero-order valence-corrected chi connectivity index (χ0v) is 14.3. The molecule has 6 nitrogen and oxygen atoms in total. The Kier molecular flexibility index (Phi) is 4.28. The molecule has 134 valence electrons. The number of carbonyl (C=O) groups is 1. The van der Waals surface area contributed by atoms with Crippen molar-refractivity contribution in [3.63, 3.8) is 0 Å². The Morgan fingerprint density at radius 3 is 2.54 bits per heavy atom. The van der Waals surface area contributed by atoms with E-state index in [9.17, 15) is 14.0 Å². The molecule has 4 rings (SSSR count). The maximum atomic E-state index is 13.2. The van der Waals surface area contributed by atoms with Crippen molar-refractivity contribution in [1.82, 2.24) is 19.0 Å². The monoisotopic (exact) mass is 354 g/mol. The van der Waals surface area contributed by atoms with Crippen LogP contribution in [0.2, 0.25) is 0 Å². The van der Waals surface area contributed by atoms with Crippen LogP contribution in [-0.2, 0) is 11.3 Å². The number of aromatic nitrogens is 3. The average molecular weight is 354 g/mol. The minimum Gasteiger partial charge on any atom is -0.341 e. The fraction of sp³-hybridized carbons (Fsp3) is 0.316. The summed E-state index contributed by atoms with van der Waals surface area (Å²) < 4.78 is 16.1. The number of hydrogen-bond donors (Lipinski definition) is 0. The average Bonchev–Trinajstić information content (AvgIpc) is 2.95. The van der Waals surface area contributed by atoms with E-state index in [1.807, 2.05) is 4.90 Å². The van der Waals surface area contributed by atoms with Crippen molar-refractivity contribution in [1.29, 1.82) is 0 Å². The summed E-state index contributed by atoms with van der Waals surface area (Å²) >= 11 is 0. The molecule has 7 heteroatoms. The normalized spacial score (nSPS) is 14.7. The Balaban J connectivity index is 1.78. The van der Waals surface area contributed by atoms with Gasteiger partial charge in [-0.05, 0) is 55.7 Å². The van der Waals surface area contributed by atoms with Crippen molar-refractivity contribution >= 4 is 17.1 Å². The fourth-order valence-electron chi connectivity index (χ4n) is 3.44. The molecule has 0 bridgehead atoms. The lowest BCUT2D eigenvalue weighted by Gasteiger charge is -2.26. The maximum absolute atomic E-state index is 13.2. The summed E-state index contributed by atoms with van der Waals surface area (Å²) in [6.45, 7) is 1.46. The molecular weight excluding hydrogens is 335 g/mol. The molecule has 0 saturated carbocycles. The van der Waals surface area contributed by atoms with Gasteiger partial charge >= 0.3 is 5.69 Å². The van der Waals surface area contributed by atoms with Crippen molar-refractivity contribution in [3.8, 4) is 5.69 Å². The molecule has 1 fully saturated rings. The number of piperidine rings is 1. The molecule has 0 radical (unpaired) electrons. The molecule has 1 aromatic carbocycles. The molecule has 1 aliphatic heterocycles. The first-order valence-electron chi connectivity index (χ1n) is 8.75. The van der Waals surface area contributed by atoms with E-state index in [1.54, 1.807) is 18.3 Å². The van der Waals surface area contributed by atoms with E-state index < -0.39 is 0 Å². The van der Waals surface area contributed by atoms with E-state index in [0.29, 0.717) is 16.9 Å². The molecular formula is C19H19FN4O2. The van der Waals surface area contributed by atoms with E-state index in [1.165, 1.54) is 33.4 Å². The lowest BCUT2D eigenvalue weighted by Crippen LogP contribution is -2.39. The van der Waals surface area contributed by atoms with Gasteiger partial charge in [0.15, 0.2) is 5.65 Å². The number of carbonyl (C=O) groups excluding carboxylic acids is 1. The summed E-state index contributed by atoms with van der Waals surface area (Å²) in [4.78, 5) is 31.8. The van der Waals surface area contributed by atoms with Crippen LogP contribution in [0.5, 0.6) is 0 Å². The zero-order chi connectivity index (χ0) is 18.1. The standard InChI is InChI=1S/C19H19FN4O2/c20-14-6-8-15(9-7-14)24-18-16(5-4-10-21-18)23(19(24)26)13-17(25)22-11-2-1-3-12-22/h4-10H,1-3,11-13H2. The van der Waals surface area contributed by atoms with Gasteiger partial charge in [-0.25, -0.2) is 18.7 Å². The third-order valence-corrected chi connectivity index (χ3v) is 4.78. The van der Waals surface area contributed by atoms with Gasteiger partial charge in [-0.2, -0.15) is 0 Å². The number of nitrogens with zero attached hydrogens (tertiary/aromatic N) is 4. The van der Waals surface area contributed by atoms with Gasteiger partial charge in [0.2, 0.25) is 5.91 Å². The number of likely N-dealkylation sites (tertiary alicyclic amines) is 1. The number of hydrogen-bond acceptors (Lipinski definition) is 3. The van der Waals surface area contributed by atoms with Gasteiger partial charge in [0.25, 0.3) is 0 Å². The van der Waals surface area contributed by atoms with Gasteiger partial charge in [0.05, 0.1) is 11.2 Å². The predicted molar refractivity (Wildman–Crippen MR) is 95.7 cm³/mol. The lowest BCUT2D eigenvalue weighted by atomic mass is 10.1. The molecule has 3 aromatic rings. The number of halogens is 1. The lowest BCUT2D eigenvalue weighted by molar-refractivity contribution is -0.132. The summed E-state index contributed by atoms with van der Waals surface area (Å²) in [5.41, 5.74) is 1.21. The molecule has 0 aliphatic carbocycles. The summed E-state index contributed by atoms with van der Waals surface area (Å²) in [6, 6.07) is 9.16. The Morgan fingerprint density at radius 2 is 1.81 bits per heavy atom. The minimum absolute atomic E-state index is 0.0186. The number of imidazole rings is 1. The zero-order valence-electron chi connectivity index (χ0n) is 14.3. The van der Waals surface area contributed by atoms with E-state index in [2.05, 4.69) is 4.98 Å². The van der Waals surface area contributed by atoms with Crippen LogP contribution < -0.4 is 5.69 Å². The predicted octanol–water partition coefficient (Wildman–Crippen LogP) is 2.34. The molecule has 0 spiro atoms. The molecule has 1 amide bonds. The van der Waals surface area contributed by atoms with Crippen LogP contribution in [0.25, 0.3) is 16.9 Å². The highest BCUT2D eigenvalue weighted by Gasteiger charge is 2.21. The number of rotatable bonds is 3. The van der Waals surface area contributed by atoms with Crippen molar-refractivity contribution < 1.29 is 9.18 Å². The Bertz CT molecular complexity index is 1000. The summed E-state index contributed by atoms with van der Waals surface area (Å²) in [5.74, 6) is -0.437. The highest BCUT2D eigenvalue weighted by atomic mass is 19.1. The smallest absolute Gasteiger partial charge is 0.335 e. The largest absolute Gasteiger partial charge is 0.341 e. The van der Waals surface area contributed by atoms with Crippen molar-refractivity contribution in [2.75, 3.05) is 13.1 Å². The summed E-state index contributed by atoms with van der Waals surface area (Å²) in [7, 11) is 0. The Hall–Kier alpha value is -2.96. The second kappa shape index (κ2) is 6.74. The van der Waals surface area contributed by atoms with Crippen LogP contribution in [0.3, 0.4) is 0 Å². The van der Waals surface area contributed by atoms with Crippen LogP contribution >= 0.6 is 0 Å². The number of amides is 1. The Morgan fingerprint density at radius 1 is 1.08 bits per heavy atom. The fourth-order valence-corrected chi connectivity index (χ4v) is 3.44. The van der Waals surface area contributed by atoms with Crippen molar-refractivity contribution in [2.24, 2.45) is 0 Å². The molecule has 1 aliphatic rings. The van der Waals surface area contributed by atoms with E-state index >= 15 is 0 Å². The van der Waals surface area contributed by atoms with Crippen molar-refractivity contribution in [2.45, 2.75) is 25.8 Å². The number of fused-ring (bicyclic) bond motifs is 1. The second-order valence-electron chi connectivity index (χ2n) is 6.47. The first-order chi connectivity index (χ1) is 12.6. The van der Waals surface area contributed by atoms with Crippen LogP contribution in [-0.4, -0.2) is 38.0 Å². The topological polar surface area (TPSA) is 60.1 Å². The first-order valence-corrected chi connectivity index (χ1v) is 8.75. The Labute approximate surface area is 149 Å². The third kappa shape index (κ3) is 2.89. The van der Waals surface area contributed by atoms with Crippen LogP contribution in [0.1, 0.15) is 19.3 Å². The highest BCUT2D eigenvalue weighted by Crippen LogP contribution is 2.17.